The lowest BCUT2D eigenvalue weighted by molar-refractivity contribution is -0.118. The van der Waals surface area contributed by atoms with Crippen molar-refractivity contribution < 1.29 is 4.79 Å². The van der Waals surface area contributed by atoms with Crippen molar-refractivity contribution in [2.75, 3.05) is 19.6 Å². The van der Waals surface area contributed by atoms with Gasteiger partial charge in [-0.3, -0.25) is 9.69 Å². The van der Waals surface area contributed by atoms with Gasteiger partial charge in [0.1, 0.15) is 5.78 Å². The molecule has 0 aliphatic carbocycles. The minimum absolute atomic E-state index is 0.0792. The van der Waals surface area contributed by atoms with Gasteiger partial charge in [0.2, 0.25) is 0 Å². The molecule has 1 aliphatic heterocycles. The predicted octanol–water partition coefficient (Wildman–Crippen LogP) is 3.66. The van der Waals surface area contributed by atoms with Crippen molar-refractivity contribution in [3.05, 3.63) is 71.8 Å². The Hall–Kier alpha value is -1.93. The van der Waals surface area contributed by atoms with Crippen molar-refractivity contribution in [2.45, 2.75) is 25.2 Å². The molecule has 0 bridgehead atoms. The van der Waals surface area contributed by atoms with Crippen LogP contribution in [0.3, 0.4) is 0 Å². The fraction of sp³-hybridized carbons (Fsp3) is 0.350. The van der Waals surface area contributed by atoms with Crippen molar-refractivity contribution in [2.24, 2.45) is 0 Å². The van der Waals surface area contributed by atoms with Gasteiger partial charge in [0.25, 0.3) is 0 Å². The summed E-state index contributed by atoms with van der Waals surface area (Å²) in [5, 5.41) is 0. The topological polar surface area (TPSA) is 20.3 Å². The molecule has 0 unspecified atom stereocenters. The first-order valence-electron chi connectivity index (χ1n) is 8.03. The fourth-order valence-corrected chi connectivity index (χ4v) is 3.67. The number of carbonyl (C=O) groups excluding carboxylic acids is 1. The third-order valence-electron chi connectivity index (χ3n) is 4.81. The lowest BCUT2D eigenvalue weighted by atomic mass is 9.68. The molecule has 22 heavy (non-hydrogen) atoms. The molecule has 0 amide bonds. The third kappa shape index (κ3) is 2.97. The molecule has 1 aliphatic rings. The van der Waals surface area contributed by atoms with Gasteiger partial charge >= 0.3 is 0 Å². The highest BCUT2D eigenvalue weighted by Crippen LogP contribution is 2.41. The van der Waals surface area contributed by atoms with Gasteiger partial charge in [-0.1, -0.05) is 60.7 Å². The highest BCUT2D eigenvalue weighted by atomic mass is 16.1. The number of ketones is 1. The molecular formula is C20H23NO. The Kier molecular flexibility index (Phi) is 4.39. The zero-order valence-electron chi connectivity index (χ0n) is 13.2. The molecule has 0 radical (unpaired) electrons. The van der Waals surface area contributed by atoms with Crippen molar-refractivity contribution >= 4 is 5.78 Å². The van der Waals surface area contributed by atoms with Crippen molar-refractivity contribution in [1.82, 2.24) is 4.90 Å². The highest BCUT2D eigenvalue weighted by Gasteiger charge is 2.37. The highest BCUT2D eigenvalue weighted by molar-refractivity contribution is 5.77. The molecule has 114 valence electrons. The van der Waals surface area contributed by atoms with Gasteiger partial charge in [-0.25, -0.2) is 0 Å². The minimum atomic E-state index is 0.0792. The zero-order valence-corrected chi connectivity index (χ0v) is 13.2. The van der Waals surface area contributed by atoms with Crippen LogP contribution < -0.4 is 0 Å². The Labute approximate surface area is 132 Å². The van der Waals surface area contributed by atoms with E-state index in [9.17, 15) is 4.79 Å². The summed E-state index contributed by atoms with van der Waals surface area (Å²) >= 11 is 0. The SMILES string of the molecule is CC(=O)CN1CCC(c2ccccc2)(c2ccccc2)CC1. The van der Waals surface area contributed by atoms with Crippen molar-refractivity contribution in [3.63, 3.8) is 0 Å². The molecule has 0 N–H and O–H groups in total. The molecule has 1 heterocycles. The average Bonchev–Trinajstić information content (AvgIpc) is 2.57. The Morgan fingerprint density at radius 2 is 1.36 bits per heavy atom. The molecule has 1 fully saturated rings. The molecule has 2 heteroatoms. The Balaban J connectivity index is 1.92. The second kappa shape index (κ2) is 6.45. The molecule has 3 rings (SSSR count). The second-order valence-corrected chi connectivity index (χ2v) is 6.29. The molecule has 0 aromatic heterocycles. The minimum Gasteiger partial charge on any atom is -0.299 e. The Morgan fingerprint density at radius 3 is 1.77 bits per heavy atom. The number of benzene rings is 2. The van der Waals surface area contributed by atoms with E-state index in [4.69, 9.17) is 0 Å². The number of hydrogen-bond donors (Lipinski definition) is 0. The number of nitrogens with zero attached hydrogens (tertiary/aromatic N) is 1. The third-order valence-corrected chi connectivity index (χ3v) is 4.81. The number of rotatable bonds is 4. The first-order valence-corrected chi connectivity index (χ1v) is 8.03. The van der Waals surface area contributed by atoms with Crippen LogP contribution in [0.1, 0.15) is 30.9 Å². The van der Waals surface area contributed by atoms with Crippen LogP contribution >= 0.6 is 0 Å². The largest absolute Gasteiger partial charge is 0.299 e. The van der Waals surface area contributed by atoms with Crippen LogP contribution in [-0.2, 0) is 10.2 Å². The molecule has 2 aromatic rings. The maximum absolute atomic E-state index is 11.4. The van der Waals surface area contributed by atoms with Gasteiger partial charge in [0.05, 0.1) is 6.54 Å². The fourth-order valence-electron chi connectivity index (χ4n) is 3.67. The molecule has 0 spiro atoms. The molecular weight excluding hydrogens is 270 g/mol. The van der Waals surface area contributed by atoms with E-state index >= 15 is 0 Å². The van der Waals surface area contributed by atoms with E-state index in [1.165, 1.54) is 11.1 Å². The Bertz CT molecular complexity index is 571. The van der Waals surface area contributed by atoms with Crippen molar-refractivity contribution in [3.8, 4) is 0 Å². The zero-order chi connectivity index (χ0) is 15.4. The van der Waals surface area contributed by atoms with Gasteiger partial charge in [-0.05, 0) is 44.0 Å². The summed E-state index contributed by atoms with van der Waals surface area (Å²) in [6.07, 6.45) is 2.13. The van der Waals surface area contributed by atoms with E-state index in [-0.39, 0.29) is 11.2 Å². The quantitative estimate of drug-likeness (QED) is 0.857. The summed E-state index contributed by atoms with van der Waals surface area (Å²) in [6.45, 7) is 4.21. The number of carbonyl (C=O) groups is 1. The first kappa shape index (κ1) is 15.0. The summed E-state index contributed by atoms with van der Waals surface area (Å²) in [5.41, 5.74) is 2.86. The summed E-state index contributed by atoms with van der Waals surface area (Å²) < 4.78 is 0. The van der Waals surface area contributed by atoms with Crippen LogP contribution in [-0.4, -0.2) is 30.3 Å². The van der Waals surface area contributed by atoms with Crippen LogP contribution in [0.2, 0.25) is 0 Å². The van der Waals surface area contributed by atoms with Crippen molar-refractivity contribution in [1.29, 1.82) is 0 Å². The predicted molar refractivity (Wildman–Crippen MR) is 90.0 cm³/mol. The maximum Gasteiger partial charge on any atom is 0.143 e. The van der Waals surface area contributed by atoms with E-state index in [0.717, 1.165) is 25.9 Å². The van der Waals surface area contributed by atoms with Gasteiger partial charge in [0.15, 0.2) is 0 Å². The number of hydrogen-bond acceptors (Lipinski definition) is 2. The van der Waals surface area contributed by atoms with E-state index in [2.05, 4.69) is 65.6 Å². The van der Waals surface area contributed by atoms with Crippen LogP contribution in [0.5, 0.6) is 0 Å². The van der Waals surface area contributed by atoms with Gasteiger partial charge in [-0.2, -0.15) is 0 Å². The van der Waals surface area contributed by atoms with Crippen LogP contribution in [0.4, 0.5) is 0 Å². The van der Waals surface area contributed by atoms with E-state index in [1.807, 2.05) is 0 Å². The molecule has 2 aromatic carbocycles. The van der Waals surface area contributed by atoms with Gasteiger partial charge < -0.3 is 0 Å². The molecule has 0 atom stereocenters. The summed E-state index contributed by atoms with van der Waals surface area (Å²) in [4.78, 5) is 13.7. The summed E-state index contributed by atoms with van der Waals surface area (Å²) in [7, 11) is 0. The van der Waals surface area contributed by atoms with Crippen LogP contribution in [0.15, 0.2) is 60.7 Å². The smallest absolute Gasteiger partial charge is 0.143 e. The second-order valence-electron chi connectivity index (χ2n) is 6.29. The lowest BCUT2D eigenvalue weighted by Crippen LogP contribution is -2.44. The van der Waals surface area contributed by atoms with Crippen LogP contribution in [0.25, 0.3) is 0 Å². The van der Waals surface area contributed by atoms with E-state index in [0.29, 0.717) is 6.54 Å². The van der Waals surface area contributed by atoms with Gasteiger partial charge in [-0.15, -0.1) is 0 Å². The molecule has 1 saturated heterocycles. The first-order chi connectivity index (χ1) is 10.7. The number of piperidine rings is 1. The Morgan fingerprint density at radius 1 is 0.909 bits per heavy atom. The lowest BCUT2D eigenvalue weighted by Gasteiger charge is -2.42. The van der Waals surface area contributed by atoms with E-state index < -0.39 is 0 Å². The van der Waals surface area contributed by atoms with Gasteiger partial charge in [0, 0.05) is 5.41 Å². The number of Topliss-reactive ketones (excluding diaryl/α,β-unsaturated/α-hetero) is 1. The summed E-state index contributed by atoms with van der Waals surface area (Å²) in [5.74, 6) is 0.256. The normalized spacial score (nSPS) is 18.0. The molecule has 2 nitrogen and oxygen atoms in total. The maximum atomic E-state index is 11.4. The monoisotopic (exact) mass is 293 g/mol. The summed E-state index contributed by atoms with van der Waals surface area (Å²) in [6, 6.07) is 21.6. The molecule has 0 saturated carbocycles. The van der Waals surface area contributed by atoms with E-state index in [1.54, 1.807) is 6.92 Å². The average molecular weight is 293 g/mol. The van der Waals surface area contributed by atoms with Crippen LogP contribution in [0, 0.1) is 0 Å². The number of likely N-dealkylation sites (tertiary alicyclic amines) is 1. The standard InChI is InChI=1S/C20H23NO/c1-17(22)16-21-14-12-20(13-15-21,18-8-4-2-5-9-18)19-10-6-3-7-11-19/h2-11H,12-16H2,1H3.